The molecule has 1 atom stereocenters. The van der Waals surface area contributed by atoms with Crippen molar-refractivity contribution in [3.63, 3.8) is 0 Å². The number of nitriles is 1. The van der Waals surface area contributed by atoms with Gasteiger partial charge in [-0.25, -0.2) is 0 Å². The fourth-order valence-corrected chi connectivity index (χ4v) is 2.87. The van der Waals surface area contributed by atoms with Crippen molar-refractivity contribution in [1.82, 2.24) is 5.32 Å². The summed E-state index contributed by atoms with van der Waals surface area (Å²) in [6.07, 6.45) is 0.688. The maximum atomic E-state index is 9.62. The number of nitrogens with zero attached hydrogens (tertiary/aromatic N) is 1. The zero-order valence-corrected chi connectivity index (χ0v) is 13.5. The molecule has 2 heteroatoms. The van der Waals surface area contributed by atoms with Gasteiger partial charge in [-0.15, -0.1) is 0 Å². The van der Waals surface area contributed by atoms with Gasteiger partial charge in [0.25, 0.3) is 0 Å². The number of rotatable bonds is 6. The quantitative estimate of drug-likeness (QED) is 0.727. The van der Waals surface area contributed by atoms with Crippen LogP contribution in [0.1, 0.15) is 22.7 Å². The molecule has 0 radical (unpaired) electrons. The molecule has 1 N–H and O–H groups in total. The normalized spacial score (nSPS) is 11.8. The van der Waals surface area contributed by atoms with Crippen molar-refractivity contribution in [1.29, 1.82) is 5.26 Å². The van der Waals surface area contributed by atoms with Crippen LogP contribution in [0, 0.1) is 11.3 Å². The van der Waals surface area contributed by atoms with Gasteiger partial charge < -0.3 is 0 Å². The lowest BCUT2D eigenvalue weighted by Gasteiger charge is -2.23. The predicted octanol–water partition coefficient (Wildman–Crippen LogP) is 4.50. The summed E-state index contributed by atoms with van der Waals surface area (Å²) in [4.78, 5) is 0. The Labute approximate surface area is 143 Å². The summed E-state index contributed by atoms with van der Waals surface area (Å²) in [7, 11) is 0. The average molecular weight is 312 g/mol. The molecule has 0 unspecified atom stereocenters. The molecule has 0 saturated carbocycles. The Hall–Kier alpha value is -2.89. The highest BCUT2D eigenvalue weighted by Crippen LogP contribution is 2.22. The molecule has 3 rings (SSSR count). The fraction of sp³-hybridized carbons (Fsp3) is 0.136. The highest BCUT2D eigenvalue weighted by atomic mass is 14.9. The highest BCUT2D eigenvalue weighted by Gasteiger charge is 2.18. The Morgan fingerprint density at radius 2 is 1.17 bits per heavy atom. The molecule has 0 fully saturated rings. The van der Waals surface area contributed by atoms with Crippen LogP contribution in [0.25, 0.3) is 0 Å². The van der Waals surface area contributed by atoms with Crippen LogP contribution in [0.3, 0.4) is 0 Å². The summed E-state index contributed by atoms with van der Waals surface area (Å²) in [5.41, 5.74) is 3.49. The van der Waals surface area contributed by atoms with Crippen molar-refractivity contribution < 1.29 is 0 Å². The lowest BCUT2D eigenvalue weighted by Crippen LogP contribution is -2.34. The van der Waals surface area contributed by atoms with Gasteiger partial charge in [0.2, 0.25) is 0 Å². The van der Waals surface area contributed by atoms with E-state index in [1.165, 1.54) is 0 Å². The molecule has 0 saturated heterocycles. The summed E-state index contributed by atoms with van der Waals surface area (Å²) < 4.78 is 0. The highest BCUT2D eigenvalue weighted by molar-refractivity contribution is 5.32. The molecule has 0 bridgehead atoms. The van der Waals surface area contributed by atoms with Gasteiger partial charge in [0.05, 0.1) is 12.1 Å². The largest absolute Gasteiger partial charge is 0.291 e. The van der Waals surface area contributed by atoms with Crippen LogP contribution in [0.5, 0.6) is 0 Å². The molecule has 118 valence electrons. The van der Waals surface area contributed by atoms with Crippen molar-refractivity contribution in [3.8, 4) is 6.07 Å². The maximum absolute atomic E-state index is 9.62. The van der Waals surface area contributed by atoms with Crippen molar-refractivity contribution in [3.05, 3.63) is 108 Å². The molecule has 0 amide bonds. The van der Waals surface area contributed by atoms with Crippen molar-refractivity contribution in [2.75, 3.05) is 0 Å². The molecule has 0 heterocycles. The first-order chi connectivity index (χ1) is 11.9. The van der Waals surface area contributed by atoms with Gasteiger partial charge in [-0.1, -0.05) is 91.0 Å². The number of nitrogens with one attached hydrogen (secondary N) is 1. The molecule has 3 aromatic carbocycles. The third kappa shape index (κ3) is 4.10. The molecular formula is C22H20N2. The van der Waals surface area contributed by atoms with Crippen LogP contribution in [0.4, 0.5) is 0 Å². The predicted molar refractivity (Wildman–Crippen MR) is 97.4 cm³/mol. The van der Waals surface area contributed by atoms with E-state index in [4.69, 9.17) is 0 Å². The van der Waals surface area contributed by atoms with Crippen LogP contribution < -0.4 is 5.32 Å². The molecule has 0 spiro atoms. The second-order valence-corrected chi connectivity index (χ2v) is 5.79. The van der Waals surface area contributed by atoms with E-state index in [9.17, 15) is 5.26 Å². The summed E-state index contributed by atoms with van der Waals surface area (Å²) in [6, 6.07) is 32.8. The van der Waals surface area contributed by atoms with Gasteiger partial charge in [-0.3, -0.25) is 5.32 Å². The topological polar surface area (TPSA) is 35.8 Å². The van der Waals surface area contributed by atoms with Gasteiger partial charge in [-0.2, -0.15) is 5.26 Å². The van der Waals surface area contributed by atoms with Gasteiger partial charge in [0, 0.05) is 6.42 Å². The zero-order valence-electron chi connectivity index (χ0n) is 13.5. The first-order valence-electron chi connectivity index (χ1n) is 8.16. The van der Waals surface area contributed by atoms with Crippen molar-refractivity contribution in [2.45, 2.75) is 18.5 Å². The molecule has 0 aliphatic carbocycles. The molecule has 24 heavy (non-hydrogen) atoms. The van der Waals surface area contributed by atoms with E-state index in [1.54, 1.807) is 0 Å². The van der Waals surface area contributed by atoms with Crippen LogP contribution >= 0.6 is 0 Å². The first-order valence-corrected chi connectivity index (χ1v) is 8.16. The standard InChI is InChI=1S/C22H20N2/c23-17-21(16-18-10-4-1-5-11-18)24-22(19-12-6-2-7-13-19)20-14-8-3-9-15-20/h1-15,21-22,24H,16H2/t21-/m1/s1. The van der Waals surface area contributed by atoms with E-state index >= 15 is 0 Å². The van der Waals surface area contributed by atoms with Crippen LogP contribution in [0.2, 0.25) is 0 Å². The van der Waals surface area contributed by atoms with Crippen LogP contribution in [0.15, 0.2) is 91.0 Å². The van der Waals surface area contributed by atoms with E-state index in [0.717, 1.165) is 16.7 Å². The first kappa shape index (κ1) is 16.0. The number of hydrogen-bond donors (Lipinski definition) is 1. The lowest BCUT2D eigenvalue weighted by molar-refractivity contribution is 0.538. The summed E-state index contributed by atoms with van der Waals surface area (Å²) in [5.74, 6) is 0. The second-order valence-electron chi connectivity index (χ2n) is 5.79. The summed E-state index contributed by atoms with van der Waals surface area (Å²) in [6.45, 7) is 0. The SMILES string of the molecule is N#C[C@@H](Cc1ccccc1)NC(c1ccccc1)c1ccccc1. The Kier molecular flexibility index (Phi) is 5.40. The van der Waals surface area contributed by atoms with Crippen LogP contribution in [-0.4, -0.2) is 6.04 Å². The summed E-state index contributed by atoms with van der Waals surface area (Å²) >= 11 is 0. The minimum Gasteiger partial charge on any atom is -0.291 e. The van der Waals surface area contributed by atoms with Crippen molar-refractivity contribution in [2.24, 2.45) is 0 Å². The van der Waals surface area contributed by atoms with E-state index < -0.39 is 0 Å². The number of benzene rings is 3. The minimum atomic E-state index is -0.252. The van der Waals surface area contributed by atoms with E-state index in [1.807, 2.05) is 54.6 Å². The van der Waals surface area contributed by atoms with Crippen LogP contribution in [-0.2, 0) is 6.42 Å². The monoisotopic (exact) mass is 312 g/mol. The van der Waals surface area contributed by atoms with E-state index in [0.29, 0.717) is 6.42 Å². The molecule has 0 aromatic heterocycles. The number of hydrogen-bond acceptors (Lipinski definition) is 2. The Bertz CT molecular complexity index is 737. The fourth-order valence-electron chi connectivity index (χ4n) is 2.87. The van der Waals surface area contributed by atoms with E-state index in [2.05, 4.69) is 47.8 Å². The van der Waals surface area contributed by atoms with Gasteiger partial charge in [0.1, 0.15) is 6.04 Å². The maximum Gasteiger partial charge on any atom is 0.100 e. The molecule has 0 aliphatic heterocycles. The molecular weight excluding hydrogens is 292 g/mol. The third-order valence-corrected chi connectivity index (χ3v) is 4.07. The van der Waals surface area contributed by atoms with Crippen molar-refractivity contribution >= 4 is 0 Å². The summed E-state index contributed by atoms with van der Waals surface area (Å²) in [5, 5.41) is 13.1. The Morgan fingerprint density at radius 1 is 0.708 bits per heavy atom. The molecule has 0 aliphatic rings. The van der Waals surface area contributed by atoms with E-state index in [-0.39, 0.29) is 12.1 Å². The zero-order chi connectivity index (χ0) is 16.6. The third-order valence-electron chi connectivity index (χ3n) is 4.07. The van der Waals surface area contributed by atoms with Gasteiger partial charge >= 0.3 is 0 Å². The minimum absolute atomic E-state index is 0.000706. The lowest BCUT2D eigenvalue weighted by atomic mass is 9.96. The average Bonchev–Trinajstić information content (AvgIpc) is 2.67. The van der Waals surface area contributed by atoms with Gasteiger partial charge in [0.15, 0.2) is 0 Å². The molecule has 2 nitrogen and oxygen atoms in total. The smallest absolute Gasteiger partial charge is 0.100 e. The Balaban J connectivity index is 1.84. The van der Waals surface area contributed by atoms with Gasteiger partial charge in [-0.05, 0) is 16.7 Å². The Morgan fingerprint density at radius 3 is 1.62 bits per heavy atom. The second kappa shape index (κ2) is 8.10. The molecule has 3 aromatic rings.